The third-order valence-corrected chi connectivity index (χ3v) is 6.90. The number of amides is 2. The number of nitrogens with one attached hydrogen (secondary N) is 2. The molecule has 6 N–H and O–H groups in total. The average molecular weight is 594 g/mol. The van der Waals surface area contributed by atoms with E-state index in [9.17, 15) is 33.8 Å². The topological polar surface area (TPSA) is 202 Å². The molecule has 2 amide bonds. The minimum Gasteiger partial charge on any atom is -0.481 e. The molecule has 2 atom stereocenters. The number of aliphatic carboxylic acids is 1. The highest BCUT2D eigenvalue weighted by molar-refractivity contribution is 7.51. The van der Waals surface area contributed by atoms with Gasteiger partial charge in [-0.15, -0.1) is 0 Å². The second kappa shape index (κ2) is 16.9. The summed E-state index contributed by atoms with van der Waals surface area (Å²) in [4.78, 5) is 65.1. The van der Waals surface area contributed by atoms with Crippen molar-refractivity contribution < 1.29 is 38.9 Å². The molecule has 14 heteroatoms. The predicted octanol–water partition coefficient (Wildman–Crippen LogP) is 1.43. The fourth-order valence-corrected chi connectivity index (χ4v) is 4.63. The van der Waals surface area contributed by atoms with Gasteiger partial charge < -0.3 is 35.5 Å². The van der Waals surface area contributed by atoms with Crippen LogP contribution in [0.15, 0.2) is 36.4 Å². The first kappa shape index (κ1) is 34.0. The Morgan fingerprint density at radius 1 is 1.12 bits per heavy atom. The molecule has 1 saturated heterocycles. The molecule has 226 valence electrons. The Balaban J connectivity index is 0.000000745. The normalized spacial score (nSPS) is 14.8. The van der Waals surface area contributed by atoms with Gasteiger partial charge in [0.15, 0.2) is 5.82 Å². The van der Waals surface area contributed by atoms with Gasteiger partial charge in [-0.05, 0) is 32.3 Å². The fraction of sp³-hybridized carbons (Fsp3) is 0.519. The smallest absolute Gasteiger partial charge is 0.328 e. The van der Waals surface area contributed by atoms with Gasteiger partial charge in [-0.2, -0.15) is 0 Å². The summed E-state index contributed by atoms with van der Waals surface area (Å²) in [6.45, 7) is 5.50. The van der Waals surface area contributed by atoms with Crippen LogP contribution in [0.1, 0.15) is 55.7 Å². The largest absolute Gasteiger partial charge is 0.481 e. The van der Waals surface area contributed by atoms with E-state index in [0.29, 0.717) is 62.5 Å². The minimum atomic E-state index is -4.60. The minimum absolute atomic E-state index is 0.0294. The molecule has 0 aliphatic carbocycles. The number of aliphatic hydroxyl groups is 1. The van der Waals surface area contributed by atoms with Gasteiger partial charge in [-0.1, -0.05) is 43.7 Å². The molecule has 0 saturated carbocycles. The van der Waals surface area contributed by atoms with Gasteiger partial charge in [0, 0.05) is 43.9 Å². The standard InChI is InChI=1S/C22H30N5O6P.C5H10O2/c1-15(28)7-8-17-13-18(25-20(24-17)16-5-3-2-4-6-16)21(29)26-19(14-34(31,32)33)22(30)27-11-9-23-10-12-27;1-2-3-4-5(6)7/h2-6,13,15,19,23,28H,7-12,14H2,1H3,(H,26,29)(H2,31,32,33);2-4H2,1H3,(H,6,7). The molecule has 1 aromatic heterocycles. The Morgan fingerprint density at radius 2 is 1.78 bits per heavy atom. The molecule has 2 unspecified atom stereocenters. The van der Waals surface area contributed by atoms with Gasteiger partial charge in [-0.3, -0.25) is 18.9 Å². The van der Waals surface area contributed by atoms with Crippen molar-refractivity contribution in [3.63, 3.8) is 0 Å². The van der Waals surface area contributed by atoms with E-state index in [1.165, 1.54) is 11.0 Å². The number of aryl methyl sites for hydroxylation is 1. The zero-order chi connectivity index (χ0) is 30.4. The molecule has 13 nitrogen and oxygen atoms in total. The second-order valence-electron chi connectivity index (χ2n) is 9.77. The summed E-state index contributed by atoms with van der Waals surface area (Å²) in [6.07, 6.45) is 1.53. The highest BCUT2D eigenvalue weighted by Crippen LogP contribution is 2.35. The third-order valence-electron chi connectivity index (χ3n) is 6.06. The third kappa shape index (κ3) is 12.9. The number of carboxylic acids is 1. The Labute approximate surface area is 239 Å². The van der Waals surface area contributed by atoms with Crippen molar-refractivity contribution in [2.75, 3.05) is 32.3 Å². The van der Waals surface area contributed by atoms with Crippen LogP contribution in [0.25, 0.3) is 11.4 Å². The predicted molar refractivity (Wildman–Crippen MR) is 152 cm³/mol. The highest BCUT2D eigenvalue weighted by atomic mass is 31.2. The number of hydrogen-bond acceptors (Lipinski definition) is 8. The number of carbonyl (C=O) groups is 3. The number of carbonyl (C=O) groups excluding carboxylic acids is 2. The first-order valence-electron chi connectivity index (χ1n) is 13.6. The lowest BCUT2D eigenvalue weighted by atomic mass is 10.1. The molecule has 1 fully saturated rings. The van der Waals surface area contributed by atoms with E-state index in [4.69, 9.17) is 5.11 Å². The van der Waals surface area contributed by atoms with Gasteiger partial charge in [-0.25, -0.2) is 9.97 Å². The molecule has 2 aromatic rings. The van der Waals surface area contributed by atoms with Crippen LogP contribution in [-0.4, -0.2) is 97.1 Å². The Bertz CT molecular complexity index is 1190. The molecular weight excluding hydrogens is 553 g/mol. The van der Waals surface area contributed by atoms with E-state index in [1.54, 1.807) is 19.1 Å². The molecule has 2 heterocycles. The molecule has 3 rings (SSSR count). The summed E-state index contributed by atoms with van der Waals surface area (Å²) in [5, 5.41) is 23.3. The molecule has 1 aliphatic rings. The average Bonchev–Trinajstić information content (AvgIpc) is 2.94. The summed E-state index contributed by atoms with van der Waals surface area (Å²) in [5.74, 6) is -1.68. The maximum absolute atomic E-state index is 13.1. The van der Waals surface area contributed by atoms with Crippen molar-refractivity contribution in [1.82, 2.24) is 25.5 Å². The van der Waals surface area contributed by atoms with Crippen molar-refractivity contribution >= 4 is 25.4 Å². The van der Waals surface area contributed by atoms with Crippen molar-refractivity contribution in [2.24, 2.45) is 0 Å². The van der Waals surface area contributed by atoms with Crippen molar-refractivity contribution in [1.29, 1.82) is 0 Å². The summed E-state index contributed by atoms with van der Waals surface area (Å²) < 4.78 is 11.7. The number of hydrogen-bond donors (Lipinski definition) is 6. The lowest BCUT2D eigenvalue weighted by Gasteiger charge is -2.31. The monoisotopic (exact) mass is 593 g/mol. The Hall–Kier alpha value is -3.22. The summed E-state index contributed by atoms with van der Waals surface area (Å²) in [6, 6.07) is 9.10. The van der Waals surface area contributed by atoms with Crippen molar-refractivity contribution in [3.05, 3.63) is 47.8 Å². The number of carboxylic acid groups (broad SMARTS) is 1. The van der Waals surface area contributed by atoms with E-state index >= 15 is 0 Å². The van der Waals surface area contributed by atoms with Crippen molar-refractivity contribution in [2.45, 2.75) is 58.1 Å². The number of unbranched alkanes of at least 4 members (excludes halogenated alkanes) is 1. The molecule has 1 aliphatic heterocycles. The molecule has 1 aromatic carbocycles. The van der Waals surface area contributed by atoms with E-state index in [2.05, 4.69) is 20.6 Å². The van der Waals surface area contributed by atoms with Gasteiger partial charge in [0.1, 0.15) is 11.7 Å². The number of nitrogens with zero attached hydrogens (tertiary/aromatic N) is 3. The number of aromatic nitrogens is 2. The van der Waals surface area contributed by atoms with Gasteiger partial charge in [0.2, 0.25) is 5.91 Å². The molecule has 0 spiro atoms. The first-order valence-corrected chi connectivity index (χ1v) is 15.4. The summed E-state index contributed by atoms with van der Waals surface area (Å²) >= 11 is 0. The van der Waals surface area contributed by atoms with Gasteiger partial charge in [0.25, 0.3) is 5.91 Å². The van der Waals surface area contributed by atoms with Crippen LogP contribution in [0, 0.1) is 0 Å². The molecule has 41 heavy (non-hydrogen) atoms. The van der Waals surface area contributed by atoms with E-state index in [0.717, 1.165) is 12.8 Å². The van der Waals surface area contributed by atoms with Gasteiger partial charge >= 0.3 is 13.6 Å². The summed E-state index contributed by atoms with van der Waals surface area (Å²) in [5.41, 5.74) is 1.18. The maximum atomic E-state index is 13.1. The summed E-state index contributed by atoms with van der Waals surface area (Å²) in [7, 11) is -4.60. The van der Waals surface area contributed by atoms with Gasteiger partial charge in [0.05, 0.1) is 12.3 Å². The van der Waals surface area contributed by atoms with E-state index < -0.39 is 43.7 Å². The molecular formula is C27H40N5O8P. The van der Waals surface area contributed by atoms with Crippen molar-refractivity contribution in [3.8, 4) is 11.4 Å². The molecule has 0 radical (unpaired) electrons. The van der Waals surface area contributed by atoms with E-state index in [1.807, 2.05) is 25.1 Å². The first-order chi connectivity index (χ1) is 19.4. The highest BCUT2D eigenvalue weighted by Gasteiger charge is 2.33. The zero-order valence-electron chi connectivity index (χ0n) is 23.4. The Morgan fingerprint density at radius 3 is 2.32 bits per heavy atom. The van der Waals surface area contributed by atoms with Crippen LogP contribution < -0.4 is 10.6 Å². The lowest BCUT2D eigenvalue weighted by molar-refractivity contribution is -0.137. The number of rotatable bonds is 12. The van der Waals surface area contributed by atoms with Crippen LogP contribution in [0.2, 0.25) is 0 Å². The van der Waals surface area contributed by atoms with Crippen LogP contribution in [-0.2, 0) is 20.6 Å². The van der Waals surface area contributed by atoms with Crippen LogP contribution >= 0.6 is 7.60 Å². The second-order valence-corrected chi connectivity index (χ2v) is 11.5. The number of aliphatic hydroxyl groups excluding tert-OH is 1. The maximum Gasteiger partial charge on any atom is 0.328 e. The van der Waals surface area contributed by atoms with Crippen LogP contribution in [0.5, 0.6) is 0 Å². The number of piperazine rings is 1. The Kier molecular flexibility index (Phi) is 14.0. The molecule has 0 bridgehead atoms. The SMILES string of the molecule is CC(O)CCc1cc(C(=O)NC(CP(=O)(O)O)C(=O)N2CCNCC2)nc(-c2ccccc2)n1.CCCCC(=O)O. The lowest BCUT2D eigenvalue weighted by Crippen LogP contribution is -2.55. The zero-order valence-corrected chi connectivity index (χ0v) is 24.3. The van der Waals surface area contributed by atoms with E-state index in [-0.39, 0.29) is 5.69 Å². The quantitative estimate of drug-likeness (QED) is 0.194. The van der Waals surface area contributed by atoms with Crippen LogP contribution in [0.3, 0.4) is 0 Å². The van der Waals surface area contributed by atoms with Crippen LogP contribution in [0.4, 0.5) is 0 Å². The number of benzene rings is 1. The fourth-order valence-electron chi connectivity index (χ4n) is 3.90.